The lowest BCUT2D eigenvalue weighted by molar-refractivity contribution is -0.148. The Morgan fingerprint density at radius 2 is 2.15 bits per heavy atom. The van der Waals surface area contributed by atoms with E-state index < -0.39 is 24.9 Å². The number of nitrogens with zero attached hydrogens (tertiary/aromatic N) is 4. The van der Waals surface area contributed by atoms with Crippen LogP contribution in [-0.4, -0.2) is 50.0 Å². The van der Waals surface area contributed by atoms with Crippen LogP contribution in [0.4, 0.5) is 13.2 Å². The SMILES string of the molecule is O=C(CCC(F)(F)F)N1CCC(c2[nH]cnc3cnc4nccc4c23)C1. The first kappa shape index (κ1) is 16.7. The van der Waals surface area contributed by atoms with Gasteiger partial charge in [-0.3, -0.25) is 4.79 Å². The van der Waals surface area contributed by atoms with Crippen molar-refractivity contribution >= 4 is 27.8 Å². The Morgan fingerprint density at radius 1 is 1.31 bits per heavy atom. The molecule has 3 aromatic heterocycles. The standard InChI is InChI=1S/C17H16F3N5O/c18-17(19,20)4-1-13(26)25-6-3-10(8-25)15-14-11-2-5-21-16(11)22-7-12(14)23-9-24-15/h2,5,7,9-10H,1,3-4,6,8H2,(H,23,24). The number of amides is 1. The van der Waals surface area contributed by atoms with E-state index in [9.17, 15) is 18.0 Å². The number of alkyl halides is 3. The van der Waals surface area contributed by atoms with Crippen LogP contribution in [0.1, 0.15) is 30.9 Å². The van der Waals surface area contributed by atoms with Gasteiger partial charge in [-0.05, 0) is 12.5 Å². The molecule has 0 radical (unpaired) electrons. The third kappa shape index (κ3) is 3.09. The van der Waals surface area contributed by atoms with Gasteiger partial charge in [0.05, 0.1) is 24.5 Å². The number of pyridine rings is 1. The van der Waals surface area contributed by atoms with Crippen LogP contribution in [0.2, 0.25) is 0 Å². The van der Waals surface area contributed by atoms with Gasteiger partial charge in [0.25, 0.3) is 0 Å². The highest BCUT2D eigenvalue weighted by Crippen LogP contribution is 2.34. The second-order valence-electron chi connectivity index (χ2n) is 6.46. The summed E-state index contributed by atoms with van der Waals surface area (Å²) in [7, 11) is 0. The second kappa shape index (κ2) is 6.22. The smallest absolute Gasteiger partial charge is 0.349 e. The van der Waals surface area contributed by atoms with E-state index in [4.69, 9.17) is 0 Å². The van der Waals surface area contributed by atoms with Gasteiger partial charge in [0.1, 0.15) is 0 Å². The molecule has 1 aliphatic heterocycles. The molecule has 0 spiro atoms. The lowest BCUT2D eigenvalue weighted by Gasteiger charge is -2.18. The van der Waals surface area contributed by atoms with Crippen molar-refractivity contribution in [1.29, 1.82) is 0 Å². The predicted molar refractivity (Wildman–Crippen MR) is 88.4 cm³/mol. The molecule has 6 nitrogen and oxygen atoms in total. The Kier molecular flexibility index (Phi) is 4.01. The molecular weight excluding hydrogens is 347 g/mol. The second-order valence-corrected chi connectivity index (χ2v) is 6.46. The number of likely N-dealkylation sites (tertiary alicyclic amines) is 1. The highest BCUT2D eigenvalue weighted by atomic mass is 19.4. The highest BCUT2D eigenvalue weighted by Gasteiger charge is 2.33. The number of fused-ring (bicyclic) bond motifs is 3. The summed E-state index contributed by atoms with van der Waals surface area (Å²) in [6, 6.07) is 1.87. The van der Waals surface area contributed by atoms with Gasteiger partial charge in [-0.1, -0.05) is 0 Å². The number of nitrogens with one attached hydrogen (secondary N) is 1. The summed E-state index contributed by atoms with van der Waals surface area (Å²) < 4.78 is 37.0. The molecule has 0 saturated carbocycles. The quantitative estimate of drug-likeness (QED) is 0.776. The molecule has 3 aromatic rings. The number of aromatic amines is 1. The third-order valence-electron chi connectivity index (χ3n) is 4.78. The zero-order valence-electron chi connectivity index (χ0n) is 13.8. The van der Waals surface area contributed by atoms with Crippen molar-refractivity contribution in [1.82, 2.24) is 24.8 Å². The summed E-state index contributed by atoms with van der Waals surface area (Å²) >= 11 is 0. The topological polar surface area (TPSA) is 74.8 Å². The minimum Gasteiger partial charge on any atom is -0.349 e. The highest BCUT2D eigenvalue weighted by molar-refractivity contribution is 6.04. The molecule has 0 aliphatic carbocycles. The lowest BCUT2D eigenvalue weighted by atomic mass is 9.99. The third-order valence-corrected chi connectivity index (χ3v) is 4.78. The number of H-pyrrole nitrogens is 1. The number of carbonyl (C=O) groups excluding carboxylic acids is 1. The van der Waals surface area contributed by atoms with Crippen molar-refractivity contribution in [2.24, 2.45) is 0 Å². The van der Waals surface area contributed by atoms with Crippen molar-refractivity contribution in [3.05, 3.63) is 30.5 Å². The van der Waals surface area contributed by atoms with E-state index in [1.54, 1.807) is 18.7 Å². The Morgan fingerprint density at radius 3 is 2.96 bits per heavy atom. The van der Waals surface area contributed by atoms with Crippen molar-refractivity contribution in [2.45, 2.75) is 31.4 Å². The molecule has 1 aliphatic rings. The van der Waals surface area contributed by atoms with Gasteiger partial charge in [0, 0.05) is 48.1 Å². The summed E-state index contributed by atoms with van der Waals surface area (Å²) in [5.41, 5.74) is 2.26. The lowest BCUT2D eigenvalue weighted by Crippen LogP contribution is -2.29. The average molecular weight is 363 g/mol. The molecule has 1 unspecified atom stereocenters. The molecule has 1 atom stereocenters. The fraction of sp³-hybridized carbons (Fsp3) is 0.412. The van der Waals surface area contributed by atoms with Gasteiger partial charge in [-0.2, -0.15) is 13.2 Å². The number of halogens is 3. The summed E-state index contributed by atoms with van der Waals surface area (Å²) in [5, 5.41) is 1.79. The van der Waals surface area contributed by atoms with E-state index >= 15 is 0 Å². The molecule has 0 aromatic carbocycles. The van der Waals surface area contributed by atoms with Crippen LogP contribution < -0.4 is 0 Å². The van der Waals surface area contributed by atoms with Gasteiger partial charge < -0.3 is 9.88 Å². The Labute approximate surface area is 146 Å². The first-order valence-electron chi connectivity index (χ1n) is 8.33. The van der Waals surface area contributed by atoms with E-state index in [2.05, 4.69) is 19.9 Å². The van der Waals surface area contributed by atoms with Crippen LogP contribution in [0, 0.1) is 0 Å². The number of carbonyl (C=O) groups is 1. The van der Waals surface area contributed by atoms with Crippen LogP contribution in [0.5, 0.6) is 0 Å². The molecule has 26 heavy (non-hydrogen) atoms. The van der Waals surface area contributed by atoms with E-state index in [1.807, 2.05) is 6.07 Å². The fourth-order valence-electron chi connectivity index (χ4n) is 3.52. The van der Waals surface area contributed by atoms with Crippen LogP contribution in [-0.2, 0) is 4.79 Å². The van der Waals surface area contributed by atoms with Crippen LogP contribution in [0.25, 0.3) is 21.9 Å². The normalized spacial score (nSPS) is 18.1. The van der Waals surface area contributed by atoms with E-state index in [0.29, 0.717) is 25.2 Å². The Bertz CT molecular complexity index is 968. The zero-order valence-corrected chi connectivity index (χ0v) is 13.8. The maximum absolute atomic E-state index is 12.3. The van der Waals surface area contributed by atoms with Crippen LogP contribution in [0.3, 0.4) is 0 Å². The van der Waals surface area contributed by atoms with Gasteiger partial charge in [0.2, 0.25) is 5.91 Å². The molecule has 1 fully saturated rings. The maximum Gasteiger partial charge on any atom is 0.389 e. The summed E-state index contributed by atoms with van der Waals surface area (Å²) in [6.07, 6.45) is -0.298. The fourth-order valence-corrected chi connectivity index (χ4v) is 3.52. The summed E-state index contributed by atoms with van der Waals surface area (Å²) in [4.78, 5) is 29.5. The first-order chi connectivity index (χ1) is 12.4. The largest absolute Gasteiger partial charge is 0.389 e. The monoisotopic (exact) mass is 363 g/mol. The maximum atomic E-state index is 12.3. The molecule has 4 heterocycles. The summed E-state index contributed by atoms with van der Waals surface area (Å²) in [5.74, 6) is -0.444. The van der Waals surface area contributed by atoms with E-state index in [-0.39, 0.29) is 5.92 Å². The Balaban J connectivity index is 1.59. The van der Waals surface area contributed by atoms with Gasteiger partial charge in [-0.15, -0.1) is 0 Å². The molecule has 4 rings (SSSR count). The van der Waals surface area contributed by atoms with Crippen molar-refractivity contribution in [3.8, 4) is 0 Å². The number of hydrogen-bond donors (Lipinski definition) is 1. The molecule has 1 amide bonds. The van der Waals surface area contributed by atoms with Crippen molar-refractivity contribution < 1.29 is 18.0 Å². The average Bonchev–Trinajstić information content (AvgIpc) is 3.27. The molecule has 1 N–H and O–H groups in total. The number of rotatable bonds is 3. The minimum absolute atomic E-state index is 0.0100. The molecule has 136 valence electrons. The van der Waals surface area contributed by atoms with Gasteiger partial charge >= 0.3 is 6.18 Å². The minimum atomic E-state index is -4.31. The van der Waals surface area contributed by atoms with Crippen molar-refractivity contribution in [2.75, 3.05) is 13.1 Å². The first-order valence-corrected chi connectivity index (χ1v) is 8.33. The van der Waals surface area contributed by atoms with Gasteiger partial charge in [-0.25, -0.2) is 15.0 Å². The number of hydrogen-bond acceptors (Lipinski definition) is 4. The van der Waals surface area contributed by atoms with Crippen LogP contribution in [0.15, 0.2) is 24.8 Å². The molecular formula is C17H16F3N5O. The van der Waals surface area contributed by atoms with Gasteiger partial charge in [0.15, 0.2) is 5.65 Å². The summed E-state index contributed by atoms with van der Waals surface area (Å²) in [6.45, 7) is 0.844. The van der Waals surface area contributed by atoms with E-state index in [1.165, 1.54) is 4.90 Å². The zero-order chi connectivity index (χ0) is 18.3. The molecule has 1 saturated heterocycles. The van der Waals surface area contributed by atoms with Crippen molar-refractivity contribution in [3.63, 3.8) is 0 Å². The van der Waals surface area contributed by atoms with Crippen LogP contribution >= 0.6 is 0 Å². The molecule has 0 bridgehead atoms. The van der Waals surface area contributed by atoms with E-state index in [0.717, 1.165) is 22.0 Å². The predicted octanol–water partition coefficient (Wildman–Crippen LogP) is 3.16. The Hall–Kier alpha value is -2.71. The number of aromatic nitrogens is 4. The molecule has 9 heteroatoms.